The average molecular weight is 331 g/mol. The van der Waals surface area contributed by atoms with Gasteiger partial charge < -0.3 is 0 Å². The molecule has 1 saturated heterocycles. The number of rotatable bonds is 3. The lowest BCUT2D eigenvalue weighted by Gasteiger charge is -2.15. The highest BCUT2D eigenvalue weighted by Gasteiger charge is 2.31. The van der Waals surface area contributed by atoms with Crippen molar-refractivity contribution >= 4 is 26.0 Å². The molecule has 1 aliphatic rings. The summed E-state index contributed by atoms with van der Waals surface area (Å²) in [5.74, 6) is -0.442. The molecule has 1 aliphatic heterocycles. The van der Waals surface area contributed by atoms with E-state index in [0.717, 1.165) is 0 Å². The molecular formula is C10H11BrN4O2S. The van der Waals surface area contributed by atoms with Gasteiger partial charge in [0.1, 0.15) is 6.17 Å². The molecule has 2 unspecified atom stereocenters. The van der Waals surface area contributed by atoms with E-state index >= 15 is 0 Å². The maximum Gasteiger partial charge on any atom is 0.243 e. The van der Waals surface area contributed by atoms with Gasteiger partial charge in [0.15, 0.2) is 0 Å². The minimum atomic E-state index is -3.67. The molecule has 1 aromatic carbocycles. The third kappa shape index (κ3) is 2.71. The minimum Gasteiger partial charge on any atom is -0.255 e. The van der Waals surface area contributed by atoms with Crippen molar-refractivity contribution in [1.29, 1.82) is 5.26 Å². The number of halogens is 1. The Bertz CT molecular complexity index is 584. The Labute approximate surface area is 114 Å². The first-order valence-corrected chi connectivity index (χ1v) is 7.47. The Morgan fingerprint density at radius 1 is 1.44 bits per heavy atom. The van der Waals surface area contributed by atoms with Crippen molar-refractivity contribution in [3.8, 4) is 6.07 Å². The summed E-state index contributed by atoms with van der Waals surface area (Å²) in [5.41, 5.74) is 5.48. The maximum atomic E-state index is 12.2. The number of hydrogen-bond acceptors (Lipinski definition) is 5. The predicted octanol–water partition coefficient (Wildman–Crippen LogP) is 0.301. The van der Waals surface area contributed by atoms with Crippen LogP contribution in [0.4, 0.5) is 0 Å². The zero-order valence-electron chi connectivity index (χ0n) is 9.22. The average Bonchev–Trinajstić information content (AvgIpc) is 2.76. The second-order valence-electron chi connectivity index (χ2n) is 3.79. The first-order valence-electron chi connectivity index (χ1n) is 5.19. The van der Waals surface area contributed by atoms with Gasteiger partial charge in [0.25, 0.3) is 0 Å². The molecule has 2 atom stereocenters. The Kier molecular flexibility index (Phi) is 3.99. The van der Waals surface area contributed by atoms with Crippen molar-refractivity contribution < 1.29 is 8.42 Å². The van der Waals surface area contributed by atoms with Gasteiger partial charge >= 0.3 is 0 Å². The third-order valence-corrected chi connectivity index (χ3v) is 5.01. The van der Waals surface area contributed by atoms with Crippen LogP contribution in [0.5, 0.6) is 0 Å². The SMILES string of the molecule is N#CC1CNNC1NS(=O)(=O)c1ccccc1Br. The number of benzene rings is 1. The summed E-state index contributed by atoms with van der Waals surface area (Å²) in [4.78, 5) is 0.149. The maximum absolute atomic E-state index is 12.2. The molecule has 96 valence electrons. The molecule has 0 radical (unpaired) electrons. The predicted molar refractivity (Wildman–Crippen MR) is 68.5 cm³/mol. The van der Waals surface area contributed by atoms with Crippen LogP contribution in [0.3, 0.4) is 0 Å². The standard InChI is InChI=1S/C10H11BrN4O2S/c11-8-3-1-2-4-9(8)18(16,17)15-10-7(5-12)6-13-14-10/h1-4,7,10,13-15H,6H2. The van der Waals surface area contributed by atoms with Crippen LogP contribution in [0.1, 0.15) is 0 Å². The van der Waals surface area contributed by atoms with Gasteiger partial charge in [-0.3, -0.25) is 5.43 Å². The van der Waals surface area contributed by atoms with Crippen molar-refractivity contribution in [3.63, 3.8) is 0 Å². The summed E-state index contributed by atoms with van der Waals surface area (Å²) in [6.45, 7) is 0.402. The summed E-state index contributed by atoms with van der Waals surface area (Å²) < 4.78 is 27.2. The molecular weight excluding hydrogens is 320 g/mol. The normalized spacial score (nSPS) is 23.8. The van der Waals surface area contributed by atoms with E-state index in [1.165, 1.54) is 6.07 Å². The smallest absolute Gasteiger partial charge is 0.243 e. The van der Waals surface area contributed by atoms with Crippen LogP contribution in [0.25, 0.3) is 0 Å². The summed E-state index contributed by atoms with van der Waals surface area (Å²) >= 11 is 3.19. The van der Waals surface area contributed by atoms with Gasteiger partial charge in [-0.2, -0.15) is 9.98 Å². The van der Waals surface area contributed by atoms with Crippen molar-refractivity contribution in [2.75, 3.05) is 6.54 Å². The number of nitrogens with zero attached hydrogens (tertiary/aromatic N) is 1. The number of nitrogens with one attached hydrogen (secondary N) is 3. The molecule has 18 heavy (non-hydrogen) atoms. The quantitative estimate of drug-likeness (QED) is 0.741. The van der Waals surface area contributed by atoms with Crippen LogP contribution >= 0.6 is 15.9 Å². The van der Waals surface area contributed by atoms with Gasteiger partial charge in [-0.15, -0.1) is 0 Å². The lowest BCUT2D eigenvalue weighted by molar-refractivity contribution is 0.477. The molecule has 8 heteroatoms. The number of nitriles is 1. The second-order valence-corrected chi connectivity index (χ2v) is 6.33. The molecule has 1 fully saturated rings. The van der Waals surface area contributed by atoms with Crippen molar-refractivity contribution in [3.05, 3.63) is 28.7 Å². The number of hydrazine groups is 1. The number of hydrogen-bond donors (Lipinski definition) is 3. The van der Waals surface area contributed by atoms with Crippen molar-refractivity contribution in [2.45, 2.75) is 11.1 Å². The summed E-state index contributed by atoms with van der Waals surface area (Å²) in [7, 11) is -3.67. The molecule has 0 spiro atoms. The zero-order valence-corrected chi connectivity index (χ0v) is 11.6. The molecule has 6 nitrogen and oxygen atoms in total. The van der Waals surface area contributed by atoms with E-state index in [9.17, 15) is 8.42 Å². The van der Waals surface area contributed by atoms with E-state index in [1.807, 2.05) is 6.07 Å². The summed E-state index contributed by atoms with van der Waals surface area (Å²) in [5, 5.41) is 8.88. The van der Waals surface area contributed by atoms with Gasteiger partial charge in [-0.25, -0.2) is 13.8 Å². The van der Waals surface area contributed by atoms with E-state index in [-0.39, 0.29) is 4.90 Å². The molecule has 3 N–H and O–H groups in total. The summed E-state index contributed by atoms with van der Waals surface area (Å²) in [6.07, 6.45) is -0.632. The minimum absolute atomic E-state index is 0.149. The van der Waals surface area contributed by atoms with Crippen LogP contribution in [0, 0.1) is 17.2 Å². The van der Waals surface area contributed by atoms with E-state index < -0.39 is 22.1 Å². The van der Waals surface area contributed by atoms with Crippen molar-refractivity contribution in [2.24, 2.45) is 5.92 Å². The Balaban J connectivity index is 2.23. The van der Waals surface area contributed by atoms with Gasteiger partial charge in [-0.05, 0) is 28.1 Å². The van der Waals surface area contributed by atoms with Gasteiger partial charge in [0.05, 0.1) is 16.9 Å². The first-order chi connectivity index (χ1) is 8.54. The van der Waals surface area contributed by atoms with E-state index in [0.29, 0.717) is 11.0 Å². The fourth-order valence-corrected chi connectivity index (χ4v) is 3.81. The van der Waals surface area contributed by atoms with Gasteiger partial charge in [0, 0.05) is 11.0 Å². The molecule has 0 aliphatic carbocycles. The van der Waals surface area contributed by atoms with Gasteiger partial charge in [0.2, 0.25) is 10.0 Å². The van der Waals surface area contributed by atoms with Crippen LogP contribution in [0.2, 0.25) is 0 Å². The first kappa shape index (κ1) is 13.5. The highest BCUT2D eigenvalue weighted by Crippen LogP contribution is 2.21. The van der Waals surface area contributed by atoms with E-state index in [2.05, 4.69) is 31.5 Å². The largest absolute Gasteiger partial charge is 0.255 e. The van der Waals surface area contributed by atoms with E-state index in [1.54, 1.807) is 18.2 Å². The molecule has 1 heterocycles. The monoisotopic (exact) mass is 330 g/mol. The molecule has 0 saturated carbocycles. The highest BCUT2D eigenvalue weighted by molar-refractivity contribution is 9.10. The van der Waals surface area contributed by atoms with Crippen LogP contribution < -0.4 is 15.6 Å². The lowest BCUT2D eigenvalue weighted by Crippen LogP contribution is -2.46. The van der Waals surface area contributed by atoms with Crippen LogP contribution in [-0.2, 0) is 10.0 Å². The Morgan fingerprint density at radius 3 is 2.83 bits per heavy atom. The topological polar surface area (TPSA) is 94.0 Å². The molecule has 0 bridgehead atoms. The summed E-state index contributed by atoms with van der Waals surface area (Å²) in [6, 6.07) is 8.56. The highest BCUT2D eigenvalue weighted by atomic mass is 79.9. The number of sulfonamides is 1. The second kappa shape index (κ2) is 5.34. The fourth-order valence-electron chi connectivity index (χ4n) is 1.62. The Hall–Kier alpha value is -0.980. The lowest BCUT2D eigenvalue weighted by atomic mass is 10.1. The molecule has 0 aromatic heterocycles. The van der Waals surface area contributed by atoms with Gasteiger partial charge in [-0.1, -0.05) is 12.1 Å². The third-order valence-electron chi connectivity index (χ3n) is 2.56. The molecule has 0 amide bonds. The molecule has 1 aromatic rings. The van der Waals surface area contributed by atoms with Crippen LogP contribution in [-0.4, -0.2) is 21.1 Å². The zero-order chi connectivity index (χ0) is 13.2. The Morgan fingerprint density at radius 2 is 2.17 bits per heavy atom. The van der Waals surface area contributed by atoms with Crippen molar-refractivity contribution in [1.82, 2.24) is 15.6 Å². The van der Waals surface area contributed by atoms with Crippen LogP contribution in [0.15, 0.2) is 33.6 Å². The molecule has 2 rings (SSSR count). The fraction of sp³-hybridized carbons (Fsp3) is 0.300. The van der Waals surface area contributed by atoms with E-state index in [4.69, 9.17) is 5.26 Å².